The molecule has 0 amide bonds. The molecule has 0 N–H and O–H groups in total. The highest BCUT2D eigenvalue weighted by molar-refractivity contribution is 9.09. The molecule has 0 saturated carbocycles. The van der Waals surface area contributed by atoms with Crippen LogP contribution in [0.25, 0.3) is 24.3 Å². The largest absolute Gasteiger partial charge is 0.372 e. The van der Waals surface area contributed by atoms with Crippen molar-refractivity contribution in [3.05, 3.63) is 101 Å². The van der Waals surface area contributed by atoms with Crippen molar-refractivity contribution in [3.63, 3.8) is 0 Å². The van der Waals surface area contributed by atoms with Crippen molar-refractivity contribution in [3.8, 4) is 0 Å². The number of carbonyl (C=O) groups is 1. The minimum absolute atomic E-state index is 0.697. The lowest BCUT2D eigenvalue weighted by molar-refractivity contribution is 0.112. The number of alkyl halides is 2. The highest BCUT2D eigenvalue weighted by atomic mass is 79.9. The Morgan fingerprint density at radius 3 is 1.15 bits per heavy atom. The molecule has 0 bridgehead atoms. The Bertz CT molecular complexity index is 1120. The SMILES string of the molecule is O=Cc1ccc(/C=C/c2ccc(/C=C/c3ccc(N(CCCCCCBr)CCCCCCBr)cc3)cc2)cc1. The molecule has 2 nitrogen and oxygen atoms in total. The summed E-state index contributed by atoms with van der Waals surface area (Å²) in [7, 11) is 0. The predicted molar refractivity (Wildman–Crippen MR) is 179 cm³/mol. The van der Waals surface area contributed by atoms with Gasteiger partial charge in [0.2, 0.25) is 0 Å². The van der Waals surface area contributed by atoms with E-state index in [1.54, 1.807) is 0 Å². The first-order chi connectivity index (χ1) is 19.2. The summed E-state index contributed by atoms with van der Waals surface area (Å²) in [5.74, 6) is 0. The van der Waals surface area contributed by atoms with Gasteiger partial charge in [-0.15, -0.1) is 0 Å². The highest BCUT2D eigenvalue weighted by Crippen LogP contribution is 2.20. The molecule has 0 atom stereocenters. The Hall–Kier alpha value is -2.43. The summed E-state index contributed by atoms with van der Waals surface area (Å²) in [6, 6.07) is 25.2. The second-order valence-corrected chi connectivity index (χ2v) is 11.5. The first-order valence-electron chi connectivity index (χ1n) is 14.2. The van der Waals surface area contributed by atoms with Gasteiger partial charge in [-0.05, 0) is 60.1 Å². The fourth-order valence-electron chi connectivity index (χ4n) is 4.46. The third-order valence-electron chi connectivity index (χ3n) is 6.83. The van der Waals surface area contributed by atoms with Gasteiger partial charge in [0.15, 0.2) is 0 Å². The number of nitrogens with zero attached hydrogens (tertiary/aromatic N) is 1. The minimum atomic E-state index is 0.697. The van der Waals surface area contributed by atoms with Gasteiger partial charge in [-0.1, -0.05) is 143 Å². The number of halogens is 2. The quantitative estimate of drug-likeness (QED) is 0.0591. The van der Waals surface area contributed by atoms with Gasteiger partial charge in [-0.2, -0.15) is 0 Å². The van der Waals surface area contributed by atoms with Crippen molar-refractivity contribution in [2.24, 2.45) is 0 Å². The van der Waals surface area contributed by atoms with Gasteiger partial charge in [-0.25, -0.2) is 0 Å². The van der Waals surface area contributed by atoms with Crippen LogP contribution in [0.5, 0.6) is 0 Å². The monoisotopic (exact) mass is 649 g/mol. The molecule has 0 aromatic heterocycles. The molecule has 3 aromatic rings. The van der Waals surface area contributed by atoms with Crippen LogP contribution < -0.4 is 4.90 Å². The van der Waals surface area contributed by atoms with Crippen LogP contribution in [0.1, 0.15) is 84.0 Å². The van der Waals surface area contributed by atoms with Crippen LogP contribution in [0.15, 0.2) is 72.8 Å². The molecule has 39 heavy (non-hydrogen) atoms. The van der Waals surface area contributed by atoms with Crippen molar-refractivity contribution < 1.29 is 4.79 Å². The fourth-order valence-corrected chi connectivity index (χ4v) is 5.25. The van der Waals surface area contributed by atoms with E-state index in [1.165, 1.54) is 68.2 Å². The number of hydrogen-bond donors (Lipinski definition) is 0. The highest BCUT2D eigenvalue weighted by Gasteiger charge is 2.06. The van der Waals surface area contributed by atoms with Crippen LogP contribution >= 0.6 is 31.9 Å². The lowest BCUT2D eigenvalue weighted by Crippen LogP contribution is -2.25. The van der Waals surface area contributed by atoms with Gasteiger partial charge < -0.3 is 4.90 Å². The Labute approximate surface area is 252 Å². The third kappa shape index (κ3) is 12.1. The van der Waals surface area contributed by atoms with Crippen LogP contribution in [-0.4, -0.2) is 30.0 Å². The summed E-state index contributed by atoms with van der Waals surface area (Å²) in [5.41, 5.74) is 6.66. The van der Waals surface area contributed by atoms with E-state index < -0.39 is 0 Å². The zero-order chi connectivity index (χ0) is 27.5. The van der Waals surface area contributed by atoms with Gasteiger partial charge >= 0.3 is 0 Å². The molecule has 0 spiro atoms. The fraction of sp³-hybridized carbons (Fsp3) is 0.343. The predicted octanol–water partition coefficient (Wildman–Crippen LogP) is 10.6. The molecule has 0 heterocycles. The summed E-state index contributed by atoms with van der Waals surface area (Å²) in [6.45, 7) is 2.28. The zero-order valence-electron chi connectivity index (χ0n) is 22.9. The normalized spacial score (nSPS) is 11.4. The molecular weight excluding hydrogens is 610 g/mol. The Morgan fingerprint density at radius 1 is 0.462 bits per heavy atom. The molecule has 0 aliphatic heterocycles. The van der Waals surface area contributed by atoms with Gasteiger partial charge in [0.1, 0.15) is 6.29 Å². The van der Waals surface area contributed by atoms with E-state index in [-0.39, 0.29) is 0 Å². The molecular formula is C35H41Br2NO. The Balaban J connectivity index is 1.55. The molecule has 0 unspecified atom stereocenters. The average Bonchev–Trinajstić information content (AvgIpc) is 2.99. The van der Waals surface area contributed by atoms with E-state index in [0.717, 1.165) is 41.2 Å². The lowest BCUT2D eigenvalue weighted by Gasteiger charge is -2.25. The van der Waals surface area contributed by atoms with Crippen molar-refractivity contribution in [2.45, 2.75) is 51.4 Å². The molecule has 0 aliphatic carbocycles. The van der Waals surface area contributed by atoms with E-state index in [4.69, 9.17) is 0 Å². The van der Waals surface area contributed by atoms with Crippen molar-refractivity contribution in [2.75, 3.05) is 28.6 Å². The summed E-state index contributed by atoms with van der Waals surface area (Å²) in [6.07, 6.45) is 19.7. The maximum absolute atomic E-state index is 10.8. The van der Waals surface area contributed by atoms with Crippen molar-refractivity contribution in [1.29, 1.82) is 0 Å². The van der Waals surface area contributed by atoms with Gasteiger partial charge in [0.25, 0.3) is 0 Å². The number of anilines is 1. The molecule has 4 heteroatoms. The molecule has 3 rings (SSSR count). The summed E-state index contributed by atoms with van der Waals surface area (Å²) in [4.78, 5) is 13.4. The molecule has 206 valence electrons. The number of rotatable bonds is 18. The number of aldehydes is 1. The van der Waals surface area contributed by atoms with E-state index in [1.807, 2.05) is 24.3 Å². The van der Waals surface area contributed by atoms with Gasteiger partial charge in [-0.3, -0.25) is 4.79 Å². The number of carbonyl (C=O) groups excluding carboxylic acids is 1. The smallest absolute Gasteiger partial charge is 0.150 e. The number of unbranched alkanes of at least 4 members (excludes halogenated alkanes) is 6. The molecule has 0 saturated heterocycles. The van der Waals surface area contributed by atoms with E-state index in [9.17, 15) is 4.79 Å². The Kier molecular flexibility index (Phi) is 15.0. The summed E-state index contributed by atoms with van der Waals surface area (Å²) < 4.78 is 0. The van der Waals surface area contributed by atoms with Crippen LogP contribution in [0.4, 0.5) is 5.69 Å². The molecule has 3 aromatic carbocycles. The minimum Gasteiger partial charge on any atom is -0.372 e. The maximum atomic E-state index is 10.8. The standard InChI is InChI=1S/C35H41Br2NO/c36-25-5-1-3-7-27-38(28-8-4-2-6-26-37)35-23-21-33(22-24-35)16-15-31-11-9-30(10-12-31)13-14-32-17-19-34(29-39)20-18-32/h9-24,29H,1-8,25-28H2/b14-13+,16-15+. The molecule has 0 aliphatic rings. The first-order valence-corrected chi connectivity index (χ1v) is 16.4. The van der Waals surface area contributed by atoms with E-state index in [2.05, 4.69) is 110 Å². The molecule has 0 radical (unpaired) electrons. The summed E-state index contributed by atoms with van der Waals surface area (Å²) in [5, 5.41) is 2.22. The van der Waals surface area contributed by atoms with Crippen molar-refractivity contribution >= 4 is 68.1 Å². The maximum Gasteiger partial charge on any atom is 0.150 e. The number of hydrogen-bond acceptors (Lipinski definition) is 2. The zero-order valence-corrected chi connectivity index (χ0v) is 26.1. The second kappa shape index (κ2) is 18.8. The third-order valence-corrected chi connectivity index (χ3v) is 7.95. The first kappa shape index (κ1) is 31.1. The van der Waals surface area contributed by atoms with Crippen LogP contribution in [0.2, 0.25) is 0 Å². The molecule has 0 fully saturated rings. The lowest BCUT2D eigenvalue weighted by atomic mass is 10.1. The van der Waals surface area contributed by atoms with Crippen LogP contribution in [-0.2, 0) is 0 Å². The average molecular weight is 652 g/mol. The summed E-state index contributed by atoms with van der Waals surface area (Å²) >= 11 is 7.09. The van der Waals surface area contributed by atoms with Gasteiger partial charge in [0, 0.05) is 35.0 Å². The van der Waals surface area contributed by atoms with Gasteiger partial charge in [0.05, 0.1) is 0 Å². The Morgan fingerprint density at radius 2 is 0.795 bits per heavy atom. The van der Waals surface area contributed by atoms with Crippen LogP contribution in [0.3, 0.4) is 0 Å². The van der Waals surface area contributed by atoms with Crippen LogP contribution in [0, 0.1) is 0 Å². The topological polar surface area (TPSA) is 20.3 Å². The van der Waals surface area contributed by atoms with E-state index >= 15 is 0 Å². The second-order valence-electron chi connectivity index (χ2n) is 9.90. The number of benzene rings is 3. The van der Waals surface area contributed by atoms with Crippen molar-refractivity contribution in [1.82, 2.24) is 0 Å². The van der Waals surface area contributed by atoms with E-state index in [0.29, 0.717) is 5.56 Å².